The van der Waals surface area contributed by atoms with Crippen molar-refractivity contribution in [1.29, 1.82) is 5.26 Å². The summed E-state index contributed by atoms with van der Waals surface area (Å²) in [6.45, 7) is 0. The molecule has 0 fully saturated rings. The maximum atomic E-state index is 13.5. The van der Waals surface area contributed by atoms with E-state index in [1.165, 1.54) is 0 Å². The summed E-state index contributed by atoms with van der Waals surface area (Å²) in [7, 11) is 1.92. The van der Waals surface area contributed by atoms with E-state index in [0.29, 0.717) is 28.1 Å². The molecule has 3 heterocycles. The molecule has 0 spiro atoms. The number of benzene rings is 2. The van der Waals surface area contributed by atoms with E-state index in [4.69, 9.17) is 4.98 Å². The van der Waals surface area contributed by atoms with Crippen molar-refractivity contribution < 1.29 is 0 Å². The minimum absolute atomic E-state index is 0.209. The number of imidazole rings is 1. The normalized spacial score (nSPS) is 10.8. The SMILES string of the molecule is Cn1cccc2nc(-c3cc(-c4ccccc4C#N)c(=O)n(-c4ccccc4)c3)nc1-2. The summed E-state index contributed by atoms with van der Waals surface area (Å²) < 4.78 is 3.49. The second-order valence-corrected chi connectivity index (χ2v) is 7.19. The third kappa shape index (κ3) is 3.18. The van der Waals surface area contributed by atoms with E-state index in [-0.39, 0.29) is 5.56 Å². The van der Waals surface area contributed by atoms with Gasteiger partial charge in [-0.2, -0.15) is 5.26 Å². The molecule has 0 aliphatic carbocycles. The van der Waals surface area contributed by atoms with Crippen LogP contribution >= 0.6 is 0 Å². The van der Waals surface area contributed by atoms with Gasteiger partial charge in [-0.1, -0.05) is 36.4 Å². The van der Waals surface area contributed by atoms with E-state index in [1.54, 1.807) is 35.0 Å². The summed E-state index contributed by atoms with van der Waals surface area (Å²) in [5.74, 6) is 1.28. The molecule has 0 N–H and O–H groups in total. The first-order chi connectivity index (χ1) is 15.2. The first-order valence-electron chi connectivity index (χ1n) is 9.77. The van der Waals surface area contributed by atoms with Crippen molar-refractivity contribution in [2.24, 2.45) is 7.05 Å². The third-order valence-electron chi connectivity index (χ3n) is 5.21. The lowest BCUT2D eigenvalue weighted by molar-refractivity contribution is 0.890. The fourth-order valence-electron chi connectivity index (χ4n) is 3.67. The lowest BCUT2D eigenvalue weighted by Crippen LogP contribution is -2.20. The molecule has 31 heavy (non-hydrogen) atoms. The molecule has 6 heteroatoms. The molecule has 0 saturated carbocycles. The molecule has 0 amide bonds. The van der Waals surface area contributed by atoms with Gasteiger partial charge in [-0.25, -0.2) is 9.97 Å². The van der Waals surface area contributed by atoms with E-state index in [1.807, 2.05) is 66.3 Å². The van der Waals surface area contributed by atoms with Gasteiger partial charge in [-0.3, -0.25) is 9.36 Å². The Morgan fingerprint density at radius 2 is 1.68 bits per heavy atom. The van der Waals surface area contributed by atoms with Gasteiger partial charge in [0.25, 0.3) is 5.56 Å². The number of fused-ring (bicyclic) bond motifs is 1. The zero-order valence-electron chi connectivity index (χ0n) is 16.7. The van der Waals surface area contributed by atoms with E-state index in [9.17, 15) is 10.1 Å². The standard InChI is InChI=1S/C25H17N5O/c1-29-13-7-12-22-24(29)28-23(27-22)18-14-21(20-11-6-5-8-17(20)15-26)25(31)30(16-18)19-9-3-2-4-10-19/h2-14,16H,1H3. The van der Waals surface area contributed by atoms with Crippen molar-refractivity contribution in [3.63, 3.8) is 0 Å². The van der Waals surface area contributed by atoms with Crippen molar-refractivity contribution in [2.45, 2.75) is 0 Å². The van der Waals surface area contributed by atoms with Gasteiger partial charge in [-0.15, -0.1) is 0 Å². The zero-order valence-corrected chi connectivity index (χ0v) is 16.7. The van der Waals surface area contributed by atoms with E-state index < -0.39 is 0 Å². The van der Waals surface area contributed by atoms with Gasteiger partial charge < -0.3 is 4.57 Å². The van der Waals surface area contributed by atoms with Gasteiger partial charge in [0.15, 0.2) is 11.6 Å². The zero-order chi connectivity index (χ0) is 21.4. The number of pyridine rings is 2. The number of rotatable bonds is 3. The molecule has 5 rings (SSSR count). The summed E-state index contributed by atoms with van der Waals surface area (Å²) in [6.07, 6.45) is 3.67. The average Bonchev–Trinajstić information content (AvgIpc) is 3.26. The quantitative estimate of drug-likeness (QED) is 0.451. The van der Waals surface area contributed by atoms with Gasteiger partial charge in [0.2, 0.25) is 0 Å². The van der Waals surface area contributed by atoms with Crippen LogP contribution in [0.25, 0.3) is 39.7 Å². The van der Waals surface area contributed by atoms with Crippen LogP contribution in [0.1, 0.15) is 5.56 Å². The van der Waals surface area contributed by atoms with Crippen molar-refractivity contribution in [1.82, 2.24) is 19.1 Å². The molecule has 3 aromatic rings. The smallest absolute Gasteiger partial charge is 0.263 e. The third-order valence-corrected chi connectivity index (χ3v) is 5.21. The van der Waals surface area contributed by atoms with Crippen LogP contribution in [0.3, 0.4) is 0 Å². The molecule has 0 bridgehead atoms. The Kier molecular flexibility index (Phi) is 4.42. The highest BCUT2D eigenvalue weighted by molar-refractivity contribution is 5.75. The van der Waals surface area contributed by atoms with Crippen LogP contribution < -0.4 is 5.56 Å². The van der Waals surface area contributed by atoms with Crippen LogP contribution in [-0.2, 0) is 7.05 Å². The van der Waals surface area contributed by atoms with Crippen molar-refractivity contribution in [2.75, 3.05) is 0 Å². The molecule has 0 radical (unpaired) electrons. The Bertz CT molecular complexity index is 1470. The van der Waals surface area contributed by atoms with Crippen molar-refractivity contribution in [3.05, 3.63) is 101 Å². The number of aromatic nitrogens is 4. The number of para-hydroxylation sites is 1. The van der Waals surface area contributed by atoms with Gasteiger partial charge in [0.05, 0.1) is 11.6 Å². The Labute approximate surface area is 178 Å². The minimum Gasteiger partial charge on any atom is -0.334 e. The molecule has 6 nitrogen and oxygen atoms in total. The Balaban J connectivity index is 1.82. The summed E-state index contributed by atoms with van der Waals surface area (Å²) in [6, 6.07) is 24.3. The Hall–Kier alpha value is -4.50. The molecule has 148 valence electrons. The number of hydrogen-bond acceptors (Lipinski definition) is 4. The monoisotopic (exact) mass is 403 g/mol. The second kappa shape index (κ2) is 7.39. The van der Waals surface area contributed by atoms with Crippen LogP contribution in [0.2, 0.25) is 0 Å². The van der Waals surface area contributed by atoms with Gasteiger partial charge >= 0.3 is 0 Å². The molecule has 2 aliphatic rings. The first-order valence-corrected chi connectivity index (χ1v) is 9.77. The van der Waals surface area contributed by atoms with E-state index in [2.05, 4.69) is 11.1 Å². The van der Waals surface area contributed by atoms with Gasteiger partial charge in [-0.05, 0) is 36.4 Å². The maximum Gasteiger partial charge on any atom is 0.263 e. The predicted molar refractivity (Wildman–Crippen MR) is 119 cm³/mol. The lowest BCUT2D eigenvalue weighted by atomic mass is 10.00. The number of nitrogens with zero attached hydrogens (tertiary/aromatic N) is 5. The fourth-order valence-corrected chi connectivity index (χ4v) is 3.67. The predicted octanol–water partition coefficient (Wildman–Crippen LogP) is 4.28. The lowest BCUT2D eigenvalue weighted by Gasteiger charge is -2.12. The number of nitriles is 1. The van der Waals surface area contributed by atoms with E-state index >= 15 is 0 Å². The fraction of sp³-hybridized carbons (Fsp3) is 0.0400. The largest absolute Gasteiger partial charge is 0.334 e. The number of aryl methyl sites for hydroxylation is 1. The Morgan fingerprint density at radius 1 is 0.903 bits per heavy atom. The second-order valence-electron chi connectivity index (χ2n) is 7.19. The molecule has 1 aromatic heterocycles. The Morgan fingerprint density at radius 3 is 2.45 bits per heavy atom. The molecule has 2 aliphatic heterocycles. The van der Waals surface area contributed by atoms with Crippen LogP contribution in [0.4, 0.5) is 0 Å². The molecular formula is C25H17N5O. The summed E-state index contributed by atoms with van der Waals surface area (Å²) in [5.41, 5.74) is 3.45. The van der Waals surface area contributed by atoms with Crippen LogP contribution in [-0.4, -0.2) is 19.1 Å². The van der Waals surface area contributed by atoms with Gasteiger partial charge in [0.1, 0.15) is 5.69 Å². The van der Waals surface area contributed by atoms with E-state index in [0.717, 1.165) is 17.2 Å². The highest BCUT2D eigenvalue weighted by Gasteiger charge is 2.18. The van der Waals surface area contributed by atoms with Crippen LogP contribution in [0, 0.1) is 11.3 Å². The van der Waals surface area contributed by atoms with Crippen molar-refractivity contribution >= 4 is 0 Å². The summed E-state index contributed by atoms with van der Waals surface area (Å²) in [5, 5.41) is 9.58. The van der Waals surface area contributed by atoms with Gasteiger partial charge in [0, 0.05) is 41.8 Å². The molecule has 0 atom stereocenters. The topological polar surface area (TPSA) is 76.5 Å². The highest BCUT2D eigenvalue weighted by Crippen LogP contribution is 2.28. The molecule has 0 saturated heterocycles. The maximum absolute atomic E-state index is 13.5. The molecule has 2 aromatic carbocycles. The summed E-state index contributed by atoms with van der Waals surface area (Å²) in [4.78, 5) is 22.8. The minimum atomic E-state index is -0.209. The molecular weight excluding hydrogens is 386 g/mol. The molecule has 0 unspecified atom stereocenters. The van der Waals surface area contributed by atoms with Crippen LogP contribution in [0.5, 0.6) is 0 Å². The highest BCUT2D eigenvalue weighted by atomic mass is 16.1. The van der Waals surface area contributed by atoms with Crippen LogP contribution in [0.15, 0.2) is 90.0 Å². The van der Waals surface area contributed by atoms with Crippen molar-refractivity contribution in [3.8, 4) is 45.8 Å². The first kappa shape index (κ1) is 18.5. The summed E-state index contributed by atoms with van der Waals surface area (Å²) >= 11 is 0. The average molecular weight is 403 g/mol. The number of hydrogen-bond donors (Lipinski definition) is 0.